The van der Waals surface area contributed by atoms with Crippen LogP contribution in [0.15, 0.2) is 18.2 Å². The van der Waals surface area contributed by atoms with Crippen molar-refractivity contribution in [2.24, 2.45) is 5.41 Å². The van der Waals surface area contributed by atoms with Crippen LogP contribution in [0.25, 0.3) is 0 Å². The van der Waals surface area contributed by atoms with Gasteiger partial charge in [0.05, 0.1) is 11.8 Å². The lowest BCUT2D eigenvalue weighted by Crippen LogP contribution is -2.26. The summed E-state index contributed by atoms with van der Waals surface area (Å²) >= 11 is 0. The Hall–Kier alpha value is -1.84. The standard InChI is InChI=1S/C14H17NO3/c1-14(2,13(17)18)8-9-4-5-11-10(6-9)7-12(16)15(11)3/h4-6H,7-8H2,1-3H3,(H,17,18). The Kier molecular flexibility index (Phi) is 2.89. The topological polar surface area (TPSA) is 57.6 Å². The minimum atomic E-state index is -0.809. The number of benzene rings is 1. The normalized spacial score (nSPS) is 14.8. The highest BCUT2D eigenvalue weighted by molar-refractivity contribution is 6.00. The van der Waals surface area contributed by atoms with Crippen LogP contribution in [0.2, 0.25) is 0 Å². The first kappa shape index (κ1) is 12.6. The molecule has 0 saturated carbocycles. The highest BCUT2D eigenvalue weighted by atomic mass is 16.4. The molecule has 2 rings (SSSR count). The molecule has 4 heteroatoms. The molecule has 1 aromatic rings. The van der Waals surface area contributed by atoms with Crippen LogP contribution in [-0.2, 0) is 22.4 Å². The van der Waals surface area contributed by atoms with Crippen molar-refractivity contribution in [1.29, 1.82) is 0 Å². The van der Waals surface area contributed by atoms with Gasteiger partial charge < -0.3 is 10.0 Å². The summed E-state index contributed by atoms with van der Waals surface area (Å²) in [5.41, 5.74) is 2.09. The van der Waals surface area contributed by atoms with Gasteiger partial charge in [-0.05, 0) is 37.5 Å². The molecule has 0 bridgehead atoms. The second-order valence-corrected chi connectivity index (χ2v) is 5.46. The first-order chi connectivity index (χ1) is 8.31. The first-order valence-corrected chi connectivity index (χ1v) is 5.93. The number of nitrogens with zero attached hydrogens (tertiary/aromatic N) is 1. The maximum absolute atomic E-state index is 11.6. The Morgan fingerprint density at radius 3 is 2.72 bits per heavy atom. The van der Waals surface area contributed by atoms with Crippen molar-refractivity contribution < 1.29 is 14.7 Å². The molecule has 4 nitrogen and oxygen atoms in total. The molecule has 0 radical (unpaired) electrons. The predicted octanol–water partition coefficient (Wildman–Crippen LogP) is 1.86. The van der Waals surface area contributed by atoms with Gasteiger partial charge in [-0.2, -0.15) is 0 Å². The Morgan fingerprint density at radius 1 is 1.44 bits per heavy atom. The number of rotatable bonds is 3. The molecule has 0 atom stereocenters. The van der Waals surface area contributed by atoms with E-state index in [1.807, 2.05) is 18.2 Å². The highest BCUT2D eigenvalue weighted by Gasteiger charge is 2.29. The monoisotopic (exact) mass is 247 g/mol. The van der Waals surface area contributed by atoms with Crippen LogP contribution in [0.5, 0.6) is 0 Å². The van der Waals surface area contributed by atoms with Crippen molar-refractivity contribution >= 4 is 17.6 Å². The Morgan fingerprint density at radius 2 is 2.11 bits per heavy atom. The number of anilines is 1. The SMILES string of the molecule is CN1C(=O)Cc2cc(CC(C)(C)C(=O)O)ccc21. The van der Waals surface area contributed by atoms with Crippen LogP contribution < -0.4 is 4.90 Å². The molecule has 96 valence electrons. The van der Waals surface area contributed by atoms with Gasteiger partial charge in [-0.3, -0.25) is 9.59 Å². The van der Waals surface area contributed by atoms with E-state index in [2.05, 4.69) is 0 Å². The molecule has 1 heterocycles. The van der Waals surface area contributed by atoms with E-state index in [9.17, 15) is 9.59 Å². The maximum atomic E-state index is 11.6. The second kappa shape index (κ2) is 4.12. The molecule has 0 unspecified atom stereocenters. The summed E-state index contributed by atoms with van der Waals surface area (Å²) in [6, 6.07) is 5.74. The molecular weight excluding hydrogens is 230 g/mol. The van der Waals surface area contributed by atoms with Gasteiger partial charge >= 0.3 is 5.97 Å². The van der Waals surface area contributed by atoms with Crippen LogP contribution in [0.4, 0.5) is 5.69 Å². The summed E-state index contributed by atoms with van der Waals surface area (Å²) in [5.74, 6) is -0.726. The predicted molar refractivity (Wildman–Crippen MR) is 68.7 cm³/mol. The van der Waals surface area contributed by atoms with E-state index >= 15 is 0 Å². The van der Waals surface area contributed by atoms with E-state index in [0.717, 1.165) is 16.8 Å². The lowest BCUT2D eigenvalue weighted by Gasteiger charge is -2.19. The van der Waals surface area contributed by atoms with Gasteiger partial charge in [0.25, 0.3) is 0 Å². The lowest BCUT2D eigenvalue weighted by atomic mass is 9.85. The summed E-state index contributed by atoms with van der Waals surface area (Å²) in [6.07, 6.45) is 0.876. The molecule has 0 spiro atoms. The van der Waals surface area contributed by atoms with Crippen molar-refractivity contribution in [2.45, 2.75) is 26.7 Å². The molecule has 18 heavy (non-hydrogen) atoms. The van der Waals surface area contributed by atoms with Gasteiger partial charge in [0.15, 0.2) is 0 Å². The minimum absolute atomic E-state index is 0.0830. The number of hydrogen-bond acceptors (Lipinski definition) is 2. The Labute approximate surface area is 106 Å². The second-order valence-electron chi connectivity index (χ2n) is 5.46. The largest absolute Gasteiger partial charge is 0.481 e. The molecule has 1 N–H and O–H groups in total. The van der Waals surface area contributed by atoms with Gasteiger partial charge in [0.1, 0.15) is 0 Å². The third-order valence-corrected chi connectivity index (χ3v) is 3.45. The zero-order valence-electron chi connectivity index (χ0n) is 10.9. The smallest absolute Gasteiger partial charge is 0.309 e. The van der Waals surface area contributed by atoms with Crippen molar-refractivity contribution in [1.82, 2.24) is 0 Å². The zero-order valence-corrected chi connectivity index (χ0v) is 10.9. The lowest BCUT2D eigenvalue weighted by molar-refractivity contribution is -0.146. The fraction of sp³-hybridized carbons (Fsp3) is 0.429. The van der Waals surface area contributed by atoms with E-state index < -0.39 is 11.4 Å². The molecule has 0 fully saturated rings. The summed E-state index contributed by atoms with van der Waals surface area (Å²) in [6.45, 7) is 3.42. The fourth-order valence-corrected chi connectivity index (χ4v) is 2.22. The van der Waals surface area contributed by atoms with Crippen LogP contribution in [0, 0.1) is 5.41 Å². The Balaban J connectivity index is 2.27. The number of aliphatic carboxylic acids is 1. The third kappa shape index (κ3) is 2.10. The zero-order chi connectivity index (χ0) is 13.5. The van der Waals surface area contributed by atoms with Crippen LogP contribution in [0.1, 0.15) is 25.0 Å². The summed E-state index contributed by atoms with van der Waals surface area (Å²) in [5, 5.41) is 9.12. The molecule has 1 amide bonds. The van der Waals surface area contributed by atoms with E-state index in [-0.39, 0.29) is 5.91 Å². The van der Waals surface area contributed by atoms with E-state index in [4.69, 9.17) is 5.11 Å². The van der Waals surface area contributed by atoms with Crippen molar-refractivity contribution in [3.63, 3.8) is 0 Å². The van der Waals surface area contributed by atoms with E-state index in [1.165, 1.54) is 0 Å². The van der Waals surface area contributed by atoms with Gasteiger partial charge in [0, 0.05) is 12.7 Å². The highest BCUT2D eigenvalue weighted by Crippen LogP contribution is 2.30. The molecule has 0 aliphatic carbocycles. The third-order valence-electron chi connectivity index (χ3n) is 3.45. The van der Waals surface area contributed by atoms with Gasteiger partial charge in [-0.25, -0.2) is 0 Å². The number of carbonyl (C=O) groups excluding carboxylic acids is 1. The average molecular weight is 247 g/mol. The molecular formula is C14H17NO3. The van der Waals surface area contributed by atoms with E-state index in [0.29, 0.717) is 12.8 Å². The van der Waals surface area contributed by atoms with E-state index in [1.54, 1.807) is 25.8 Å². The summed E-state index contributed by atoms with van der Waals surface area (Å²) < 4.78 is 0. The Bertz CT molecular complexity index is 520. The fourth-order valence-electron chi connectivity index (χ4n) is 2.22. The minimum Gasteiger partial charge on any atom is -0.481 e. The van der Waals surface area contributed by atoms with Gasteiger partial charge in [-0.15, -0.1) is 0 Å². The van der Waals surface area contributed by atoms with Crippen LogP contribution in [0.3, 0.4) is 0 Å². The summed E-state index contributed by atoms with van der Waals surface area (Å²) in [7, 11) is 1.76. The maximum Gasteiger partial charge on any atom is 0.309 e. The van der Waals surface area contributed by atoms with Gasteiger partial charge in [0.2, 0.25) is 5.91 Å². The average Bonchev–Trinajstić information content (AvgIpc) is 2.53. The number of carbonyl (C=O) groups is 2. The number of fused-ring (bicyclic) bond motifs is 1. The van der Waals surface area contributed by atoms with Gasteiger partial charge in [-0.1, -0.05) is 12.1 Å². The number of amides is 1. The van der Waals surface area contributed by atoms with Crippen molar-refractivity contribution in [3.8, 4) is 0 Å². The van der Waals surface area contributed by atoms with Crippen molar-refractivity contribution in [3.05, 3.63) is 29.3 Å². The van der Waals surface area contributed by atoms with Crippen LogP contribution in [-0.4, -0.2) is 24.0 Å². The molecule has 1 aliphatic heterocycles. The number of hydrogen-bond donors (Lipinski definition) is 1. The molecule has 0 saturated heterocycles. The van der Waals surface area contributed by atoms with Crippen molar-refractivity contribution in [2.75, 3.05) is 11.9 Å². The molecule has 0 aromatic heterocycles. The number of likely N-dealkylation sites (N-methyl/N-ethyl adjacent to an activating group) is 1. The number of carboxylic acid groups (broad SMARTS) is 1. The van der Waals surface area contributed by atoms with Crippen LogP contribution >= 0.6 is 0 Å². The quantitative estimate of drug-likeness (QED) is 0.887. The molecule has 1 aliphatic rings. The summed E-state index contributed by atoms with van der Waals surface area (Å²) in [4.78, 5) is 24.3. The number of carboxylic acids is 1. The first-order valence-electron chi connectivity index (χ1n) is 5.93. The molecule has 1 aromatic carbocycles.